The smallest absolute Gasteiger partial charge is 0.192 e. The Balaban J connectivity index is 2.90. The maximum absolute atomic E-state index is 13.3. The first-order valence-electron chi connectivity index (χ1n) is 6.72. The summed E-state index contributed by atoms with van der Waals surface area (Å²) in [5, 5.41) is 0.168. The molecule has 0 aliphatic carbocycles. The summed E-state index contributed by atoms with van der Waals surface area (Å²) >= 11 is 0. The van der Waals surface area contributed by atoms with E-state index in [0.29, 0.717) is 6.61 Å². The van der Waals surface area contributed by atoms with E-state index >= 15 is 0 Å². The Bertz CT molecular complexity index is 438. The summed E-state index contributed by atoms with van der Waals surface area (Å²) in [4.78, 5) is 0. The number of rotatable bonds is 4. The molecule has 1 aromatic carbocycles. The highest BCUT2D eigenvalue weighted by Gasteiger charge is 2.37. The van der Waals surface area contributed by atoms with E-state index in [1.54, 1.807) is 6.07 Å². The normalized spacial score (nSPS) is 14.5. The van der Waals surface area contributed by atoms with Crippen molar-refractivity contribution in [1.82, 2.24) is 0 Å². The molecule has 1 atom stereocenters. The second-order valence-corrected chi connectivity index (χ2v) is 11.5. The first-order valence-corrected chi connectivity index (χ1v) is 9.63. The largest absolute Gasteiger partial charge is 0.413 e. The van der Waals surface area contributed by atoms with Gasteiger partial charge in [0.15, 0.2) is 8.32 Å². The zero-order valence-corrected chi connectivity index (χ0v) is 13.9. The molecule has 0 aliphatic rings. The van der Waals surface area contributed by atoms with Gasteiger partial charge in [0.25, 0.3) is 0 Å². The fourth-order valence-electron chi connectivity index (χ4n) is 1.60. The average Bonchev–Trinajstić information content (AvgIpc) is 2.25. The van der Waals surface area contributed by atoms with Gasteiger partial charge in [-0.3, -0.25) is 0 Å². The standard InChI is InChI=1S/C15H26FNOSi/c1-11(17)14-9-13(16)8-7-12(14)10-18-19(5,6)15(2,3)4/h7-9,11H,10,17H2,1-6H3. The molecule has 1 rings (SSSR count). The fourth-order valence-corrected chi connectivity index (χ4v) is 2.55. The Morgan fingerprint density at radius 1 is 1.32 bits per heavy atom. The van der Waals surface area contributed by atoms with Crippen molar-refractivity contribution in [3.05, 3.63) is 35.1 Å². The molecular weight excluding hydrogens is 257 g/mol. The van der Waals surface area contributed by atoms with Crippen LogP contribution in [0.3, 0.4) is 0 Å². The molecule has 1 aromatic rings. The minimum Gasteiger partial charge on any atom is -0.413 e. The van der Waals surface area contributed by atoms with Gasteiger partial charge in [0.05, 0.1) is 6.61 Å². The van der Waals surface area contributed by atoms with E-state index in [0.717, 1.165) is 11.1 Å². The van der Waals surface area contributed by atoms with Crippen LogP contribution in [0.1, 0.15) is 44.9 Å². The molecule has 1 unspecified atom stereocenters. The van der Waals surface area contributed by atoms with Crippen molar-refractivity contribution >= 4 is 8.32 Å². The summed E-state index contributed by atoms with van der Waals surface area (Å²) < 4.78 is 19.5. The maximum atomic E-state index is 13.3. The van der Waals surface area contributed by atoms with E-state index in [4.69, 9.17) is 10.2 Å². The zero-order valence-electron chi connectivity index (χ0n) is 12.9. The molecule has 0 amide bonds. The van der Waals surface area contributed by atoms with Gasteiger partial charge >= 0.3 is 0 Å². The van der Waals surface area contributed by atoms with Gasteiger partial charge in [0.2, 0.25) is 0 Å². The van der Waals surface area contributed by atoms with Crippen molar-refractivity contribution in [3.63, 3.8) is 0 Å². The van der Waals surface area contributed by atoms with Crippen molar-refractivity contribution in [1.29, 1.82) is 0 Å². The lowest BCUT2D eigenvalue weighted by molar-refractivity contribution is 0.274. The monoisotopic (exact) mass is 283 g/mol. The third-order valence-electron chi connectivity index (χ3n) is 3.99. The second kappa shape index (κ2) is 5.73. The fraction of sp³-hybridized carbons (Fsp3) is 0.600. The minimum absolute atomic E-state index is 0.168. The van der Waals surface area contributed by atoms with Crippen LogP contribution in [-0.2, 0) is 11.0 Å². The lowest BCUT2D eigenvalue weighted by Gasteiger charge is -2.36. The van der Waals surface area contributed by atoms with Crippen molar-refractivity contribution in [2.24, 2.45) is 5.73 Å². The molecule has 0 fully saturated rings. The highest BCUT2D eigenvalue weighted by molar-refractivity contribution is 6.74. The first kappa shape index (κ1) is 16.3. The highest BCUT2D eigenvalue weighted by Crippen LogP contribution is 2.37. The van der Waals surface area contributed by atoms with Gasteiger partial charge in [-0.05, 0) is 48.3 Å². The molecule has 0 saturated heterocycles. The van der Waals surface area contributed by atoms with E-state index < -0.39 is 8.32 Å². The van der Waals surface area contributed by atoms with Crippen LogP contribution in [0.2, 0.25) is 18.1 Å². The number of halogens is 1. The number of benzene rings is 1. The van der Waals surface area contributed by atoms with Crippen LogP contribution in [0.4, 0.5) is 4.39 Å². The van der Waals surface area contributed by atoms with E-state index in [2.05, 4.69) is 33.9 Å². The van der Waals surface area contributed by atoms with Gasteiger partial charge in [-0.25, -0.2) is 4.39 Å². The topological polar surface area (TPSA) is 35.2 Å². The van der Waals surface area contributed by atoms with Crippen molar-refractivity contribution < 1.29 is 8.82 Å². The average molecular weight is 283 g/mol. The molecule has 0 aromatic heterocycles. The predicted octanol–water partition coefficient (Wildman–Crippen LogP) is 4.37. The minimum atomic E-state index is -1.79. The first-order chi connectivity index (χ1) is 8.54. The Kier molecular flexibility index (Phi) is 4.93. The SMILES string of the molecule is CC(N)c1cc(F)ccc1CO[Si](C)(C)C(C)(C)C. The Labute approximate surface area is 117 Å². The van der Waals surface area contributed by atoms with Gasteiger partial charge in [0.1, 0.15) is 5.82 Å². The van der Waals surface area contributed by atoms with Gasteiger partial charge in [0, 0.05) is 6.04 Å². The summed E-state index contributed by atoms with van der Waals surface area (Å²) in [7, 11) is -1.79. The van der Waals surface area contributed by atoms with Crippen molar-refractivity contribution in [2.75, 3.05) is 0 Å². The highest BCUT2D eigenvalue weighted by atomic mass is 28.4. The van der Waals surface area contributed by atoms with Crippen LogP contribution < -0.4 is 5.73 Å². The summed E-state index contributed by atoms with van der Waals surface area (Å²) in [5.41, 5.74) is 7.72. The van der Waals surface area contributed by atoms with Crippen LogP contribution in [0, 0.1) is 5.82 Å². The van der Waals surface area contributed by atoms with E-state index in [-0.39, 0.29) is 16.9 Å². The van der Waals surface area contributed by atoms with Crippen molar-refractivity contribution in [3.8, 4) is 0 Å². The molecule has 2 N–H and O–H groups in total. The Morgan fingerprint density at radius 2 is 1.89 bits per heavy atom. The molecule has 0 spiro atoms. The van der Waals surface area contributed by atoms with Crippen LogP contribution in [-0.4, -0.2) is 8.32 Å². The van der Waals surface area contributed by atoms with E-state index in [1.807, 2.05) is 6.92 Å². The molecule has 0 aliphatic heterocycles. The third-order valence-corrected chi connectivity index (χ3v) is 8.47. The molecule has 0 bridgehead atoms. The van der Waals surface area contributed by atoms with Crippen LogP contribution in [0.25, 0.3) is 0 Å². The van der Waals surface area contributed by atoms with Crippen LogP contribution >= 0.6 is 0 Å². The summed E-state index contributed by atoms with van der Waals surface area (Å²) in [6, 6.07) is 4.57. The quantitative estimate of drug-likeness (QED) is 0.833. The van der Waals surface area contributed by atoms with E-state index in [1.165, 1.54) is 12.1 Å². The molecule has 19 heavy (non-hydrogen) atoms. The predicted molar refractivity (Wildman–Crippen MR) is 81.0 cm³/mol. The van der Waals surface area contributed by atoms with E-state index in [9.17, 15) is 4.39 Å². The zero-order chi connectivity index (χ0) is 14.8. The molecule has 0 radical (unpaired) electrons. The Morgan fingerprint density at radius 3 is 2.37 bits per heavy atom. The van der Waals surface area contributed by atoms with Gasteiger partial charge in [-0.15, -0.1) is 0 Å². The number of nitrogens with two attached hydrogens (primary N) is 1. The molecule has 4 heteroatoms. The molecule has 0 saturated carbocycles. The summed E-state index contributed by atoms with van der Waals surface area (Å²) in [5.74, 6) is -0.247. The van der Waals surface area contributed by atoms with Gasteiger partial charge in [-0.1, -0.05) is 26.8 Å². The lowest BCUT2D eigenvalue weighted by Crippen LogP contribution is -2.40. The summed E-state index contributed by atoms with van der Waals surface area (Å²) in [6.45, 7) is 13.4. The summed E-state index contributed by atoms with van der Waals surface area (Å²) in [6.07, 6.45) is 0. The van der Waals surface area contributed by atoms with Crippen LogP contribution in [0.15, 0.2) is 18.2 Å². The van der Waals surface area contributed by atoms with Gasteiger partial charge in [-0.2, -0.15) is 0 Å². The van der Waals surface area contributed by atoms with Crippen LogP contribution in [0.5, 0.6) is 0 Å². The lowest BCUT2D eigenvalue weighted by atomic mass is 10.0. The maximum Gasteiger partial charge on any atom is 0.192 e. The number of hydrogen-bond acceptors (Lipinski definition) is 2. The molecular formula is C15H26FNOSi. The Hall–Kier alpha value is -0.713. The number of hydrogen-bond donors (Lipinski definition) is 1. The molecule has 2 nitrogen and oxygen atoms in total. The molecule has 108 valence electrons. The second-order valence-electron chi connectivity index (χ2n) is 6.68. The van der Waals surface area contributed by atoms with Crippen molar-refractivity contribution in [2.45, 2.75) is 58.5 Å². The molecule has 0 heterocycles. The van der Waals surface area contributed by atoms with Gasteiger partial charge < -0.3 is 10.2 Å². The third kappa shape index (κ3) is 4.13.